The first-order valence-electron chi connectivity index (χ1n) is 4.85. The minimum Gasteiger partial charge on any atom is -0.372 e. The highest BCUT2D eigenvalue weighted by molar-refractivity contribution is 5.85. The molecule has 2 heteroatoms. The monoisotopic (exact) mass is 191 g/mol. The highest BCUT2D eigenvalue weighted by Gasteiger charge is 2.09. The van der Waals surface area contributed by atoms with E-state index in [0.29, 0.717) is 6.04 Å². The molecule has 0 spiro atoms. The summed E-state index contributed by atoms with van der Waals surface area (Å²) in [6.45, 7) is 6.20. The zero-order valence-corrected chi connectivity index (χ0v) is 9.24. The normalized spacial score (nSPS) is 10.4. The van der Waals surface area contributed by atoms with Crippen LogP contribution in [0.4, 0.5) is 5.69 Å². The third-order valence-electron chi connectivity index (χ3n) is 2.46. The number of carbonyl (C=O) groups is 1. The van der Waals surface area contributed by atoms with Crippen LogP contribution >= 0.6 is 0 Å². The lowest BCUT2D eigenvalue weighted by Gasteiger charge is -2.25. The first-order valence-corrected chi connectivity index (χ1v) is 4.85. The Morgan fingerprint density at radius 3 is 2.50 bits per heavy atom. The van der Waals surface area contributed by atoms with Gasteiger partial charge in [0.15, 0.2) is 6.29 Å². The summed E-state index contributed by atoms with van der Waals surface area (Å²) < 4.78 is 0. The van der Waals surface area contributed by atoms with Gasteiger partial charge in [-0.15, -0.1) is 0 Å². The minimum atomic E-state index is 0.399. The van der Waals surface area contributed by atoms with Crippen LogP contribution in [0.15, 0.2) is 18.2 Å². The molecule has 0 unspecified atom stereocenters. The molecule has 2 nitrogen and oxygen atoms in total. The van der Waals surface area contributed by atoms with Crippen LogP contribution in [0.25, 0.3) is 0 Å². The van der Waals surface area contributed by atoms with Gasteiger partial charge >= 0.3 is 0 Å². The Hall–Kier alpha value is -1.31. The van der Waals surface area contributed by atoms with E-state index < -0.39 is 0 Å². The predicted octanol–water partition coefficient (Wildman–Crippen LogP) is 2.65. The first-order chi connectivity index (χ1) is 6.56. The highest BCUT2D eigenvalue weighted by atomic mass is 16.1. The SMILES string of the molecule is Cc1ccc(N(C)C(C)C)c(C=O)c1. The molecule has 1 rings (SSSR count). The number of hydrogen-bond acceptors (Lipinski definition) is 2. The zero-order chi connectivity index (χ0) is 10.7. The molecule has 0 atom stereocenters. The number of carbonyl (C=O) groups excluding carboxylic acids is 1. The summed E-state index contributed by atoms with van der Waals surface area (Å²) in [5.74, 6) is 0. The van der Waals surface area contributed by atoms with Crippen LogP contribution in [0.5, 0.6) is 0 Å². The number of aldehydes is 1. The van der Waals surface area contributed by atoms with E-state index in [0.717, 1.165) is 23.1 Å². The Morgan fingerprint density at radius 1 is 1.36 bits per heavy atom. The molecule has 0 fully saturated rings. The lowest BCUT2D eigenvalue weighted by atomic mass is 10.1. The molecule has 0 aliphatic carbocycles. The summed E-state index contributed by atoms with van der Waals surface area (Å²) in [4.78, 5) is 13.0. The maximum absolute atomic E-state index is 10.9. The van der Waals surface area contributed by atoms with Crippen molar-refractivity contribution >= 4 is 12.0 Å². The Balaban J connectivity index is 3.13. The van der Waals surface area contributed by atoms with E-state index >= 15 is 0 Å². The molecular formula is C12H17NO. The lowest BCUT2D eigenvalue weighted by molar-refractivity contribution is 0.112. The average Bonchev–Trinajstić information content (AvgIpc) is 2.16. The van der Waals surface area contributed by atoms with E-state index in [9.17, 15) is 4.79 Å². The maximum atomic E-state index is 10.9. The Kier molecular flexibility index (Phi) is 3.28. The van der Waals surface area contributed by atoms with E-state index in [1.54, 1.807) is 0 Å². The molecule has 0 aromatic heterocycles. The fourth-order valence-electron chi connectivity index (χ4n) is 1.37. The predicted molar refractivity (Wildman–Crippen MR) is 60.1 cm³/mol. The quantitative estimate of drug-likeness (QED) is 0.684. The van der Waals surface area contributed by atoms with Gasteiger partial charge in [0.05, 0.1) is 0 Å². The molecular weight excluding hydrogens is 174 g/mol. The van der Waals surface area contributed by atoms with Gasteiger partial charge in [-0.25, -0.2) is 0 Å². The van der Waals surface area contributed by atoms with Gasteiger partial charge in [-0.1, -0.05) is 11.6 Å². The van der Waals surface area contributed by atoms with Crippen LogP contribution in [0.1, 0.15) is 29.8 Å². The molecule has 0 heterocycles. The van der Waals surface area contributed by atoms with Crippen molar-refractivity contribution < 1.29 is 4.79 Å². The van der Waals surface area contributed by atoms with Crippen LogP contribution in [0, 0.1) is 6.92 Å². The number of benzene rings is 1. The van der Waals surface area contributed by atoms with Gasteiger partial charge in [-0.2, -0.15) is 0 Å². The van der Waals surface area contributed by atoms with Gasteiger partial charge < -0.3 is 4.90 Å². The molecule has 1 aromatic rings. The molecule has 0 bridgehead atoms. The van der Waals surface area contributed by atoms with Crippen molar-refractivity contribution in [2.24, 2.45) is 0 Å². The van der Waals surface area contributed by atoms with Gasteiger partial charge in [0, 0.05) is 24.3 Å². The highest BCUT2D eigenvalue weighted by Crippen LogP contribution is 2.20. The summed E-state index contributed by atoms with van der Waals surface area (Å²) >= 11 is 0. The van der Waals surface area contributed by atoms with Crippen LogP contribution in [0.3, 0.4) is 0 Å². The van der Waals surface area contributed by atoms with E-state index in [1.165, 1.54) is 0 Å². The fraction of sp³-hybridized carbons (Fsp3) is 0.417. The van der Waals surface area contributed by atoms with Crippen molar-refractivity contribution in [1.82, 2.24) is 0 Å². The average molecular weight is 191 g/mol. The third-order valence-corrected chi connectivity index (χ3v) is 2.46. The molecule has 0 saturated heterocycles. The second kappa shape index (κ2) is 4.27. The number of aryl methyl sites for hydroxylation is 1. The second-order valence-corrected chi connectivity index (χ2v) is 3.88. The maximum Gasteiger partial charge on any atom is 0.152 e. The van der Waals surface area contributed by atoms with Crippen LogP contribution in [-0.4, -0.2) is 19.4 Å². The molecule has 14 heavy (non-hydrogen) atoms. The third kappa shape index (κ3) is 2.13. The van der Waals surface area contributed by atoms with Crippen molar-refractivity contribution in [1.29, 1.82) is 0 Å². The Bertz CT molecular complexity index is 331. The minimum absolute atomic E-state index is 0.399. The lowest BCUT2D eigenvalue weighted by Crippen LogP contribution is -2.26. The van der Waals surface area contributed by atoms with Gasteiger partial charge in [0.25, 0.3) is 0 Å². The van der Waals surface area contributed by atoms with Crippen molar-refractivity contribution in [2.45, 2.75) is 26.8 Å². The zero-order valence-electron chi connectivity index (χ0n) is 9.24. The molecule has 0 N–H and O–H groups in total. The Labute approximate surface area is 85.5 Å². The number of nitrogens with zero attached hydrogens (tertiary/aromatic N) is 1. The summed E-state index contributed by atoms with van der Waals surface area (Å²) in [6.07, 6.45) is 0.918. The van der Waals surface area contributed by atoms with Crippen LogP contribution in [0.2, 0.25) is 0 Å². The van der Waals surface area contributed by atoms with Gasteiger partial charge in [0.2, 0.25) is 0 Å². The van der Waals surface area contributed by atoms with Gasteiger partial charge in [0.1, 0.15) is 0 Å². The molecule has 0 radical (unpaired) electrons. The molecule has 1 aromatic carbocycles. The molecule has 0 aliphatic heterocycles. The molecule has 0 aliphatic rings. The molecule has 76 valence electrons. The second-order valence-electron chi connectivity index (χ2n) is 3.88. The molecule has 0 amide bonds. The first kappa shape index (κ1) is 10.8. The van der Waals surface area contributed by atoms with Crippen molar-refractivity contribution in [3.63, 3.8) is 0 Å². The molecule has 0 saturated carbocycles. The van der Waals surface area contributed by atoms with Gasteiger partial charge in [-0.05, 0) is 32.9 Å². The van der Waals surface area contributed by atoms with E-state index in [-0.39, 0.29) is 0 Å². The van der Waals surface area contributed by atoms with Crippen LogP contribution in [-0.2, 0) is 0 Å². The summed E-state index contributed by atoms with van der Waals surface area (Å²) in [5, 5.41) is 0. The summed E-state index contributed by atoms with van der Waals surface area (Å²) in [6, 6.07) is 6.35. The van der Waals surface area contributed by atoms with Gasteiger partial charge in [-0.3, -0.25) is 4.79 Å². The fourth-order valence-corrected chi connectivity index (χ4v) is 1.37. The summed E-state index contributed by atoms with van der Waals surface area (Å²) in [7, 11) is 2.00. The topological polar surface area (TPSA) is 20.3 Å². The van der Waals surface area contributed by atoms with E-state index in [1.807, 2.05) is 32.2 Å². The Morgan fingerprint density at radius 2 is 2.00 bits per heavy atom. The van der Waals surface area contributed by atoms with Crippen LogP contribution < -0.4 is 4.90 Å². The number of rotatable bonds is 3. The van der Waals surface area contributed by atoms with Crippen molar-refractivity contribution in [3.8, 4) is 0 Å². The van der Waals surface area contributed by atoms with E-state index in [4.69, 9.17) is 0 Å². The van der Waals surface area contributed by atoms with Crippen molar-refractivity contribution in [3.05, 3.63) is 29.3 Å². The van der Waals surface area contributed by atoms with Crippen molar-refractivity contribution in [2.75, 3.05) is 11.9 Å². The summed E-state index contributed by atoms with van der Waals surface area (Å²) in [5.41, 5.74) is 2.88. The largest absolute Gasteiger partial charge is 0.372 e. The standard InChI is InChI=1S/C12H17NO/c1-9(2)13(4)12-6-5-10(3)7-11(12)8-14/h5-9H,1-4H3. The number of hydrogen-bond donors (Lipinski definition) is 0. The van der Waals surface area contributed by atoms with E-state index in [2.05, 4.69) is 18.7 Å². The smallest absolute Gasteiger partial charge is 0.152 e. The number of anilines is 1.